The van der Waals surface area contributed by atoms with Gasteiger partial charge in [-0.2, -0.15) is 0 Å². The number of ether oxygens (including phenoxy) is 1. The lowest BCUT2D eigenvalue weighted by Crippen LogP contribution is -2.48. The summed E-state index contributed by atoms with van der Waals surface area (Å²) < 4.78 is 18.9. The normalized spacial score (nSPS) is 21.3. The molecule has 0 saturated carbocycles. The second-order valence-electron chi connectivity index (χ2n) is 4.94. The molecule has 1 saturated heterocycles. The number of carbonyl (C=O) groups is 1. The van der Waals surface area contributed by atoms with Gasteiger partial charge in [-0.05, 0) is 31.0 Å². The second kappa shape index (κ2) is 5.67. The lowest BCUT2D eigenvalue weighted by atomic mass is 10.0. The molecular weight excluding hydrogens is 247 g/mol. The molecule has 0 bridgehead atoms. The summed E-state index contributed by atoms with van der Waals surface area (Å²) in [6.45, 7) is 4.88. The summed E-state index contributed by atoms with van der Waals surface area (Å²) in [5.41, 5.74) is 7.08. The standard InChI is InChI=1S/C14H19FN2O2/c1-9-7-11(3-4-12(9)15)13-8-17(5-6-19-13)14(18)10(2)16/h3-4,7,10,13H,5-6,8,16H2,1-2H3/t10-,13-/m1/s1. The SMILES string of the molecule is Cc1cc([C@H]2CN(C(=O)[C@@H](C)N)CCO2)ccc1F. The smallest absolute Gasteiger partial charge is 0.239 e. The lowest BCUT2D eigenvalue weighted by molar-refractivity contribution is -0.140. The van der Waals surface area contributed by atoms with Gasteiger partial charge < -0.3 is 15.4 Å². The van der Waals surface area contributed by atoms with Crippen molar-refractivity contribution in [3.05, 3.63) is 35.1 Å². The molecule has 1 aromatic carbocycles. The number of morpholine rings is 1. The van der Waals surface area contributed by atoms with Gasteiger partial charge in [0, 0.05) is 6.54 Å². The average molecular weight is 266 g/mol. The second-order valence-corrected chi connectivity index (χ2v) is 4.94. The van der Waals surface area contributed by atoms with Crippen LogP contribution in [0.15, 0.2) is 18.2 Å². The van der Waals surface area contributed by atoms with E-state index in [9.17, 15) is 9.18 Å². The van der Waals surface area contributed by atoms with Crippen LogP contribution in [0.5, 0.6) is 0 Å². The van der Waals surface area contributed by atoms with Crippen LogP contribution in [-0.2, 0) is 9.53 Å². The molecule has 4 nitrogen and oxygen atoms in total. The predicted octanol–water partition coefficient (Wildman–Crippen LogP) is 1.38. The molecule has 1 aliphatic rings. The first-order chi connectivity index (χ1) is 8.99. The molecule has 0 radical (unpaired) electrons. The molecule has 1 fully saturated rings. The van der Waals surface area contributed by atoms with Gasteiger partial charge in [0.15, 0.2) is 0 Å². The summed E-state index contributed by atoms with van der Waals surface area (Å²) in [6.07, 6.45) is -0.212. The molecule has 1 heterocycles. The third-order valence-electron chi connectivity index (χ3n) is 3.32. The van der Waals surface area contributed by atoms with E-state index < -0.39 is 6.04 Å². The van der Waals surface area contributed by atoms with Crippen LogP contribution in [-0.4, -0.2) is 36.5 Å². The number of nitrogens with zero attached hydrogens (tertiary/aromatic N) is 1. The lowest BCUT2D eigenvalue weighted by Gasteiger charge is -2.34. The Balaban J connectivity index is 2.12. The Morgan fingerprint density at radius 2 is 2.32 bits per heavy atom. The van der Waals surface area contributed by atoms with Crippen LogP contribution in [0.3, 0.4) is 0 Å². The van der Waals surface area contributed by atoms with E-state index in [1.165, 1.54) is 6.07 Å². The molecule has 2 rings (SSSR count). The Kier molecular flexibility index (Phi) is 4.17. The highest BCUT2D eigenvalue weighted by atomic mass is 19.1. The fraction of sp³-hybridized carbons (Fsp3) is 0.500. The molecular formula is C14H19FN2O2. The van der Waals surface area contributed by atoms with Crippen molar-refractivity contribution in [2.75, 3.05) is 19.7 Å². The van der Waals surface area contributed by atoms with E-state index in [4.69, 9.17) is 10.5 Å². The van der Waals surface area contributed by atoms with E-state index in [0.29, 0.717) is 25.3 Å². The van der Waals surface area contributed by atoms with Crippen LogP contribution in [0.1, 0.15) is 24.2 Å². The average Bonchev–Trinajstić information content (AvgIpc) is 2.41. The van der Waals surface area contributed by atoms with Crippen molar-refractivity contribution in [3.63, 3.8) is 0 Å². The Morgan fingerprint density at radius 3 is 2.95 bits per heavy atom. The number of nitrogens with two attached hydrogens (primary N) is 1. The topological polar surface area (TPSA) is 55.6 Å². The van der Waals surface area contributed by atoms with Gasteiger partial charge >= 0.3 is 0 Å². The summed E-state index contributed by atoms with van der Waals surface area (Å²) >= 11 is 0. The monoisotopic (exact) mass is 266 g/mol. The van der Waals surface area contributed by atoms with Crippen molar-refractivity contribution in [2.45, 2.75) is 26.0 Å². The highest BCUT2D eigenvalue weighted by Gasteiger charge is 2.27. The molecule has 19 heavy (non-hydrogen) atoms. The molecule has 0 unspecified atom stereocenters. The summed E-state index contributed by atoms with van der Waals surface area (Å²) in [5, 5.41) is 0. The van der Waals surface area contributed by atoms with Gasteiger partial charge in [0.1, 0.15) is 11.9 Å². The number of halogens is 1. The first-order valence-corrected chi connectivity index (χ1v) is 6.41. The largest absolute Gasteiger partial charge is 0.370 e. The van der Waals surface area contributed by atoms with Crippen molar-refractivity contribution in [1.29, 1.82) is 0 Å². The molecule has 0 spiro atoms. The number of benzene rings is 1. The van der Waals surface area contributed by atoms with Crippen LogP contribution in [0.25, 0.3) is 0 Å². The zero-order valence-corrected chi connectivity index (χ0v) is 11.2. The van der Waals surface area contributed by atoms with E-state index in [-0.39, 0.29) is 17.8 Å². The molecule has 2 atom stereocenters. The summed E-state index contributed by atoms with van der Waals surface area (Å²) in [4.78, 5) is 13.6. The third kappa shape index (κ3) is 3.11. The molecule has 104 valence electrons. The molecule has 1 amide bonds. The Labute approximate surface area is 112 Å². The first kappa shape index (κ1) is 14.0. The highest BCUT2D eigenvalue weighted by molar-refractivity contribution is 5.81. The van der Waals surface area contributed by atoms with Gasteiger partial charge in [0.2, 0.25) is 5.91 Å². The van der Waals surface area contributed by atoms with Gasteiger partial charge in [-0.25, -0.2) is 4.39 Å². The quantitative estimate of drug-likeness (QED) is 0.880. The molecule has 2 N–H and O–H groups in total. The number of amides is 1. The van der Waals surface area contributed by atoms with Crippen molar-refractivity contribution < 1.29 is 13.9 Å². The van der Waals surface area contributed by atoms with Crippen LogP contribution >= 0.6 is 0 Å². The van der Waals surface area contributed by atoms with Crippen LogP contribution in [0, 0.1) is 12.7 Å². The summed E-state index contributed by atoms with van der Waals surface area (Å²) in [6, 6.07) is 4.39. The number of hydrogen-bond donors (Lipinski definition) is 1. The van der Waals surface area contributed by atoms with Gasteiger partial charge in [-0.15, -0.1) is 0 Å². The van der Waals surface area contributed by atoms with Gasteiger partial charge in [0.25, 0.3) is 0 Å². The minimum atomic E-state index is -0.506. The zero-order chi connectivity index (χ0) is 14.0. The Hall–Kier alpha value is -1.46. The molecule has 0 aliphatic carbocycles. The number of aryl methyl sites for hydroxylation is 1. The fourth-order valence-corrected chi connectivity index (χ4v) is 2.21. The predicted molar refractivity (Wildman–Crippen MR) is 70.1 cm³/mol. The summed E-state index contributed by atoms with van der Waals surface area (Å²) in [7, 11) is 0. The Bertz CT molecular complexity index is 477. The van der Waals surface area contributed by atoms with Crippen LogP contribution in [0.4, 0.5) is 4.39 Å². The van der Waals surface area contributed by atoms with Crippen molar-refractivity contribution >= 4 is 5.91 Å². The van der Waals surface area contributed by atoms with Crippen LogP contribution in [0.2, 0.25) is 0 Å². The Morgan fingerprint density at radius 1 is 1.58 bits per heavy atom. The van der Waals surface area contributed by atoms with Crippen molar-refractivity contribution in [3.8, 4) is 0 Å². The number of hydrogen-bond acceptors (Lipinski definition) is 3. The van der Waals surface area contributed by atoms with Crippen molar-refractivity contribution in [2.24, 2.45) is 5.73 Å². The highest BCUT2D eigenvalue weighted by Crippen LogP contribution is 2.24. The van der Waals surface area contributed by atoms with Gasteiger partial charge in [0.05, 0.1) is 19.2 Å². The van der Waals surface area contributed by atoms with E-state index in [1.54, 1.807) is 30.9 Å². The zero-order valence-electron chi connectivity index (χ0n) is 11.2. The third-order valence-corrected chi connectivity index (χ3v) is 3.32. The number of carbonyl (C=O) groups excluding carboxylic acids is 1. The molecule has 1 aromatic rings. The number of rotatable bonds is 2. The molecule has 5 heteroatoms. The first-order valence-electron chi connectivity index (χ1n) is 6.41. The fourth-order valence-electron chi connectivity index (χ4n) is 2.21. The van der Waals surface area contributed by atoms with E-state index >= 15 is 0 Å². The van der Waals surface area contributed by atoms with Crippen molar-refractivity contribution in [1.82, 2.24) is 4.90 Å². The minimum absolute atomic E-state index is 0.0767. The molecule has 1 aliphatic heterocycles. The van der Waals surface area contributed by atoms with Crippen LogP contribution < -0.4 is 5.73 Å². The minimum Gasteiger partial charge on any atom is -0.370 e. The maximum atomic E-state index is 13.3. The molecule has 0 aromatic heterocycles. The van der Waals surface area contributed by atoms with E-state index in [0.717, 1.165) is 5.56 Å². The maximum Gasteiger partial charge on any atom is 0.239 e. The summed E-state index contributed by atoms with van der Waals surface area (Å²) in [5.74, 6) is -0.310. The van der Waals surface area contributed by atoms with Gasteiger partial charge in [-0.3, -0.25) is 4.79 Å². The maximum absolute atomic E-state index is 13.3. The van der Waals surface area contributed by atoms with E-state index in [2.05, 4.69) is 0 Å². The van der Waals surface area contributed by atoms with Gasteiger partial charge in [-0.1, -0.05) is 12.1 Å². The van der Waals surface area contributed by atoms with E-state index in [1.807, 2.05) is 0 Å².